The van der Waals surface area contributed by atoms with Gasteiger partial charge in [-0.1, -0.05) is 20.8 Å². The summed E-state index contributed by atoms with van der Waals surface area (Å²) < 4.78 is 5.94. The number of hydrogen-bond donors (Lipinski definition) is 0. The summed E-state index contributed by atoms with van der Waals surface area (Å²) >= 11 is 0. The minimum atomic E-state index is 0.557. The molecule has 0 N–H and O–H groups in total. The fourth-order valence-electron chi connectivity index (χ4n) is 2.67. The summed E-state index contributed by atoms with van der Waals surface area (Å²) in [5.41, 5.74) is 3.99. The third-order valence-corrected chi connectivity index (χ3v) is 3.63. The second-order valence-electron chi connectivity index (χ2n) is 6.51. The van der Waals surface area contributed by atoms with Crippen molar-refractivity contribution < 1.29 is 4.74 Å². The number of nitrogens with zero attached hydrogens (tertiary/aromatic N) is 2. The molecule has 0 aromatic carbocycles. The average Bonchev–Trinajstić information content (AvgIpc) is 2.45. The third-order valence-electron chi connectivity index (χ3n) is 3.63. The molecule has 1 atom stereocenters. The second-order valence-corrected chi connectivity index (χ2v) is 6.51. The molecule has 0 aliphatic carbocycles. The van der Waals surface area contributed by atoms with Gasteiger partial charge in [0, 0.05) is 17.5 Å². The summed E-state index contributed by atoms with van der Waals surface area (Å²) in [6, 6.07) is 8.08. The Labute approximate surface area is 133 Å². The lowest BCUT2D eigenvalue weighted by Crippen LogP contribution is -2.11. The van der Waals surface area contributed by atoms with E-state index in [1.807, 2.05) is 44.3 Å². The first-order valence-electron chi connectivity index (χ1n) is 7.99. The number of ether oxygens (including phenoxy) is 1. The molecule has 0 saturated heterocycles. The number of aromatic nitrogens is 2. The van der Waals surface area contributed by atoms with Gasteiger partial charge >= 0.3 is 0 Å². The number of hydrogen-bond acceptors (Lipinski definition) is 3. The van der Waals surface area contributed by atoms with E-state index < -0.39 is 0 Å². The summed E-state index contributed by atoms with van der Waals surface area (Å²) in [5.74, 6) is 2.14. The van der Waals surface area contributed by atoms with E-state index in [9.17, 15) is 0 Å². The van der Waals surface area contributed by atoms with E-state index in [0.29, 0.717) is 11.8 Å². The van der Waals surface area contributed by atoms with Crippen molar-refractivity contribution in [1.29, 1.82) is 0 Å². The Balaban J connectivity index is 2.07. The molecule has 0 aliphatic heterocycles. The van der Waals surface area contributed by atoms with Gasteiger partial charge in [0.2, 0.25) is 0 Å². The van der Waals surface area contributed by atoms with Crippen LogP contribution in [0.4, 0.5) is 0 Å². The van der Waals surface area contributed by atoms with Crippen molar-refractivity contribution in [2.75, 3.05) is 6.61 Å². The van der Waals surface area contributed by atoms with Crippen LogP contribution in [-0.4, -0.2) is 16.6 Å². The maximum absolute atomic E-state index is 5.94. The van der Waals surface area contributed by atoms with Crippen LogP contribution in [0, 0.1) is 25.7 Å². The van der Waals surface area contributed by atoms with Gasteiger partial charge < -0.3 is 4.74 Å². The number of pyridine rings is 2. The molecule has 3 heteroatoms. The fraction of sp³-hybridized carbons (Fsp3) is 0.474. The maximum atomic E-state index is 5.94. The molecule has 0 fully saturated rings. The Hall–Kier alpha value is -1.90. The highest BCUT2D eigenvalue weighted by molar-refractivity contribution is 5.60. The predicted octanol–water partition coefficient (Wildman–Crippen LogP) is 4.82. The number of rotatable bonds is 6. The topological polar surface area (TPSA) is 35.0 Å². The van der Waals surface area contributed by atoms with Crippen LogP contribution < -0.4 is 4.74 Å². The molecular formula is C19H26N2O. The predicted molar refractivity (Wildman–Crippen MR) is 91.1 cm³/mol. The summed E-state index contributed by atoms with van der Waals surface area (Å²) in [7, 11) is 0. The highest BCUT2D eigenvalue weighted by Gasteiger charge is 2.09. The van der Waals surface area contributed by atoms with Crippen molar-refractivity contribution in [2.24, 2.45) is 11.8 Å². The summed E-state index contributed by atoms with van der Waals surface area (Å²) in [6.45, 7) is 11.5. The maximum Gasteiger partial charge on any atom is 0.140 e. The average molecular weight is 298 g/mol. The molecule has 2 aromatic heterocycles. The van der Waals surface area contributed by atoms with Crippen molar-refractivity contribution >= 4 is 0 Å². The van der Waals surface area contributed by atoms with Crippen molar-refractivity contribution in [2.45, 2.75) is 41.0 Å². The minimum Gasteiger partial charge on any atom is -0.491 e. The van der Waals surface area contributed by atoms with E-state index in [0.717, 1.165) is 35.0 Å². The zero-order valence-corrected chi connectivity index (χ0v) is 14.3. The molecule has 0 radical (unpaired) electrons. The second kappa shape index (κ2) is 7.39. The Morgan fingerprint density at radius 1 is 1.09 bits per heavy atom. The monoisotopic (exact) mass is 298 g/mol. The lowest BCUT2D eigenvalue weighted by molar-refractivity contribution is 0.237. The van der Waals surface area contributed by atoms with Crippen LogP contribution in [0.5, 0.6) is 5.75 Å². The van der Waals surface area contributed by atoms with Crippen molar-refractivity contribution in [3.8, 4) is 17.0 Å². The van der Waals surface area contributed by atoms with Crippen LogP contribution >= 0.6 is 0 Å². The first kappa shape index (κ1) is 16.5. The first-order chi connectivity index (χ1) is 10.5. The molecule has 0 bridgehead atoms. The molecule has 0 unspecified atom stereocenters. The molecule has 2 heterocycles. The standard InChI is InChI=1S/C19H26N2O/c1-13(2)10-14(3)12-22-19-7-6-18(21-16(19)5)17-8-9-20-15(4)11-17/h6-9,11,13-14H,10,12H2,1-5H3/t14-/m0/s1. The minimum absolute atomic E-state index is 0.557. The van der Waals surface area contributed by atoms with Gasteiger partial charge in [0.25, 0.3) is 0 Å². The van der Waals surface area contributed by atoms with Gasteiger partial charge in [-0.15, -0.1) is 0 Å². The molecule has 0 saturated carbocycles. The molecule has 2 rings (SSSR count). The van der Waals surface area contributed by atoms with E-state index in [2.05, 4.69) is 30.7 Å². The smallest absolute Gasteiger partial charge is 0.140 e. The highest BCUT2D eigenvalue weighted by Crippen LogP contribution is 2.24. The van der Waals surface area contributed by atoms with Gasteiger partial charge in [-0.2, -0.15) is 0 Å². The van der Waals surface area contributed by atoms with E-state index >= 15 is 0 Å². The van der Waals surface area contributed by atoms with E-state index in [4.69, 9.17) is 4.74 Å². The van der Waals surface area contributed by atoms with Crippen LogP contribution in [0.25, 0.3) is 11.3 Å². The quantitative estimate of drug-likeness (QED) is 0.766. The van der Waals surface area contributed by atoms with Crippen LogP contribution in [0.15, 0.2) is 30.5 Å². The van der Waals surface area contributed by atoms with Gasteiger partial charge in [-0.05, 0) is 56.4 Å². The number of aryl methyl sites for hydroxylation is 2. The normalized spacial score (nSPS) is 12.5. The summed E-state index contributed by atoms with van der Waals surface area (Å²) in [6.07, 6.45) is 3.00. The molecule has 3 nitrogen and oxygen atoms in total. The van der Waals surface area contributed by atoms with Crippen LogP contribution in [0.3, 0.4) is 0 Å². The summed E-state index contributed by atoms with van der Waals surface area (Å²) in [5, 5.41) is 0. The molecule has 0 spiro atoms. The summed E-state index contributed by atoms with van der Waals surface area (Å²) in [4.78, 5) is 8.90. The Morgan fingerprint density at radius 3 is 2.50 bits per heavy atom. The molecule has 0 aliphatic rings. The van der Waals surface area contributed by atoms with Gasteiger partial charge in [-0.3, -0.25) is 4.98 Å². The molecule has 2 aromatic rings. The Morgan fingerprint density at radius 2 is 1.86 bits per heavy atom. The van der Waals surface area contributed by atoms with Crippen molar-refractivity contribution in [1.82, 2.24) is 9.97 Å². The molecular weight excluding hydrogens is 272 g/mol. The van der Waals surface area contributed by atoms with E-state index in [-0.39, 0.29) is 0 Å². The third kappa shape index (κ3) is 4.55. The van der Waals surface area contributed by atoms with Crippen LogP contribution in [-0.2, 0) is 0 Å². The lowest BCUT2D eigenvalue weighted by Gasteiger charge is -2.16. The van der Waals surface area contributed by atoms with Gasteiger partial charge in [0.15, 0.2) is 0 Å². The Kier molecular flexibility index (Phi) is 5.53. The van der Waals surface area contributed by atoms with Crippen LogP contribution in [0.2, 0.25) is 0 Å². The molecule has 22 heavy (non-hydrogen) atoms. The zero-order chi connectivity index (χ0) is 16.1. The first-order valence-corrected chi connectivity index (χ1v) is 7.99. The van der Waals surface area contributed by atoms with E-state index in [1.54, 1.807) is 0 Å². The lowest BCUT2D eigenvalue weighted by atomic mass is 10.00. The van der Waals surface area contributed by atoms with Gasteiger partial charge in [0.05, 0.1) is 18.0 Å². The van der Waals surface area contributed by atoms with Crippen molar-refractivity contribution in [3.63, 3.8) is 0 Å². The highest BCUT2D eigenvalue weighted by atomic mass is 16.5. The molecule has 118 valence electrons. The van der Waals surface area contributed by atoms with E-state index in [1.165, 1.54) is 6.42 Å². The van der Waals surface area contributed by atoms with Crippen LogP contribution in [0.1, 0.15) is 38.6 Å². The molecule has 0 amide bonds. The largest absolute Gasteiger partial charge is 0.491 e. The van der Waals surface area contributed by atoms with Crippen molar-refractivity contribution in [3.05, 3.63) is 41.9 Å². The Bertz CT molecular complexity index is 623. The van der Waals surface area contributed by atoms with Gasteiger partial charge in [0.1, 0.15) is 5.75 Å². The zero-order valence-electron chi connectivity index (χ0n) is 14.3. The fourth-order valence-corrected chi connectivity index (χ4v) is 2.67. The van der Waals surface area contributed by atoms with Gasteiger partial charge in [-0.25, -0.2) is 4.98 Å². The SMILES string of the molecule is Cc1cc(-c2ccc(OC[C@@H](C)CC(C)C)c(C)n2)ccn1.